The topological polar surface area (TPSA) is 59.8 Å². The van der Waals surface area contributed by atoms with E-state index < -0.39 is 0 Å². The molecule has 5 nitrogen and oxygen atoms in total. The lowest BCUT2D eigenvalue weighted by Gasteiger charge is -2.29. The number of nitrogens with one attached hydrogen (secondary N) is 1. The zero-order valence-corrected chi connectivity index (χ0v) is 18.8. The Morgan fingerprint density at radius 1 is 1.13 bits per heavy atom. The normalized spacial score (nSPS) is 27.2. The van der Waals surface area contributed by atoms with E-state index in [9.17, 15) is 4.79 Å². The van der Waals surface area contributed by atoms with Crippen LogP contribution in [0.4, 0.5) is 0 Å². The Labute approximate surface area is 183 Å². The third-order valence-corrected chi connectivity index (χ3v) is 8.41. The summed E-state index contributed by atoms with van der Waals surface area (Å²) in [5, 5.41) is 13.0. The van der Waals surface area contributed by atoms with Gasteiger partial charge in [0.1, 0.15) is 5.82 Å². The zero-order chi connectivity index (χ0) is 20.7. The van der Waals surface area contributed by atoms with Crippen LogP contribution in [0.5, 0.6) is 0 Å². The van der Waals surface area contributed by atoms with Gasteiger partial charge in [0.15, 0.2) is 5.16 Å². The molecule has 2 bridgehead atoms. The van der Waals surface area contributed by atoms with Gasteiger partial charge in [0.2, 0.25) is 5.91 Å². The van der Waals surface area contributed by atoms with E-state index in [1.165, 1.54) is 44.1 Å². The molecule has 2 aromatic rings. The maximum absolute atomic E-state index is 13.0. The maximum atomic E-state index is 13.0. The predicted molar refractivity (Wildman–Crippen MR) is 119 cm³/mol. The number of benzene rings is 1. The van der Waals surface area contributed by atoms with E-state index in [1.54, 1.807) is 11.8 Å². The van der Waals surface area contributed by atoms with Crippen LogP contribution in [0.25, 0.3) is 0 Å². The van der Waals surface area contributed by atoms with Crippen LogP contribution in [0, 0.1) is 17.8 Å². The molecule has 1 aromatic heterocycles. The third-order valence-electron chi connectivity index (χ3n) is 7.33. The molecule has 3 saturated carbocycles. The van der Waals surface area contributed by atoms with E-state index in [-0.39, 0.29) is 17.2 Å². The number of hydrogen-bond acceptors (Lipinski definition) is 4. The number of thioether (sulfide) groups is 1. The van der Waals surface area contributed by atoms with Gasteiger partial charge in [-0.05, 0) is 69.3 Å². The molecular weight excluding hydrogens is 392 g/mol. The molecule has 0 radical (unpaired) electrons. The first kappa shape index (κ1) is 20.1. The minimum atomic E-state index is -0.184. The van der Waals surface area contributed by atoms with Crippen molar-refractivity contribution in [2.75, 3.05) is 0 Å². The highest BCUT2D eigenvalue weighted by Gasteiger charge is 2.42. The van der Waals surface area contributed by atoms with Gasteiger partial charge >= 0.3 is 0 Å². The third kappa shape index (κ3) is 4.16. The quantitative estimate of drug-likeness (QED) is 0.628. The van der Waals surface area contributed by atoms with Gasteiger partial charge < -0.3 is 9.88 Å². The maximum Gasteiger partial charge on any atom is 0.233 e. The smallest absolute Gasteiger partial charge is 0.233 e. The summed E-state index contributed by atoms with van der Waals surface area (Å²) in [5.41, 5.74) is 1.24. The van der Waals surface area contributed by atoms with Gasteiger partial charge in [0, 0.05) is 12.0 Å². The minimum Gasteiger partial charge on any atom is -0.352 e. The van der Waals surface area contributed by atoms with Crippen molar-refractivity contribution in [1.29, 1.82) is 0 Å². The number of aromatic nitrogens is 3. The van der Waals surface area contributed by atoms with Gasteiger partial charge in [-0.2, -0.15) is 0 Å². The van der Waals surface area contributed by atoms with Crippen LogP contribution >= 0.6 is 11.8 Å². The van der Waals surface area contributed by atoms with E-state index in [2.05, 4.69) is 51.3 Å². The van der Waals surface area contributed by atoms with E-state index in [0.717, 1.165) is 29.4 Å². The first-order valence-electron chi connectivity index (χ1n) is 11.5. The number of rotatable bonds is 8. The predicted octanol–water partition coefficient (Wildman–Crippen LogP) is 4.63. The summed E-state index contributed by atoms with van der Waals surface area (Å²) >= 11 is 1.54. The molecule has 5 atom stereocenters. The van der Waals surface area contributed by atoms with Gasteiger partial charge in [-0.1, -0.05) is 48.5 Å². The van der Waals surface area contributed by atoms with Crippen molar-refractivity contribution in [3.05, 3.63) is 41.7 Å². The first-order chi connectivity index (χ1) is 14.6. The molecule has 3 aliphatic rings. The van der Waals surface area contributed by atoms with Crippen molar-refractivity contribution in [2.45, 2.75) is 81.3 Å². The van der Waals surface area contributed by atoms with Crippen LogP contribution in [-0.2, 0) is 11.3 Å². The Hall–Kier alpha value is -1.82. The highest BCUT2D eigenvalue weighted by Crippen LogP contribution is 2.49. The second-order valence-electron chi connectivity index (χ2n) is 9.58. The van der Waals surface area contributed by atoms with Crippen molar-refractivity contribution < 1.29 is 4.79 Å². The molecule has 1 heterocycles. The lowest BCUT2D eigenvalue weighted by atomic mass is 9.84. The molecule has 1 amide bonds. The fourth-order valence-electron chi connectivity index (χ4n) is 5.51. The van der Waals surface area contributed by atoms with E-state index in [4.69, 9.17) is 0 Å². The Kier molecular flexibility index (Phi) is 5.61. The Bertz CT molecular complexity index is 894. The second kappa shape index (κ2) is 8.37. The molecule has 5 rings (SSSR count). The number of hydrogen-bond donors (Lipinski definition) is 1. The molecule has 5 unspecified atom stereocenters. The van der Waals surface area contributed by atoms with Crippen LogP contribution in [0.1, 0.15) is 69.7 Å². The fourth-order valence-corrected chi connectivity index (χ4v) is 6.38. The van der Waals surface area contributed by atoms with Crippen LogP contribution in [-0.4, -0.2) is 32.0 Å². The monoisotopic (exact) mass is 424 g/mol. The average Bonchev–Trinajstić information content (AvgIpc) is 3.18. The molecule has 0 aliphatic heterocycles. The standard InChI is InChI=1S/C24H32N4OS/c1-15(21-13-18-8-9-20(21)12-18)25-23(29)16(2)30-24-27-26-22(19-10-11-19)28(24)14-17-6-4-3-5-7-17/h3-7,15-16,18-21H,8-14H2,1-2H3,(H,25,29). The summed E-state index contributed by atoms with van der Waals surface area (Å²) in [5.74, 6) is 4.11. The lowest BCUT2D eigenvalue weighted by molar-refractivity contribution is -0.121. The largest absolute Gasteiger partial charge is 0.352 e. The summed E-state index contributed by atoms with van der Waals surface area (Å²) in [4.78, 5) is 13.0. The van der Waals surface area contributed by atoms with Gasteiger partial charge in [0.25, 0.3) is 0 Å². The summed E-state index contributed by atoms with van der Waals surface area (Å²) in [6, 6.07) is 10.7. The summed E-state index contributed by atoms with van der Waals surface area (Å²) in [6.07, 6.45) is 7.80. The Morgan fingerprint density at radius 2 is 1.93 bits per heavy atom. The van der Waals surface area contributed by atoms with Crippen molar-refractivity contribution >= 4 is 17.7 Å². The van der Waals surface area contributed by atoms with Gasteiger partial charge in [-0.25, -0.2) is 0 Å². The second-order valence-corrected chi connectivity index (χ2v) is 10.9. The summed E-state index contributed by atoms with van der Waals surface area (Å²) in [6.45, 7) is 4.95. The van der Waals surface area contributed by atoms with Crippen molar-refractivity contribution in [1.82, 2.24) is 20.1 Å². The van der Waals surface area contributed by atoms with Gasteiger partial charge in [0.05, 0.1) is 11.8 Å². The lowest BCUT2D eigenvalue weighted by Crippen LogP contribution is -2.43. The van der Waals surface area contributed by atoms with Gasteiger partial charge in [-0.3, -0.25) is 4.79 Å². The van der Waals surface area contributed by atoms with Crippen molar-refractivity contribution in [3.63, 3.8) is 0 Å². The zero-order valence-electron chi connectivity index (χ0n) is 18.0. The Morgan fingerprint density at radius 3 is 2.60 bits per heavy atom. The number of nitrogens with zero attached hydrogens (tertiary/aromatic N) is 3. The number of carbonyl (C=O) groups excluding carboxylic acids is 1. The molecule has 30 heavy (non-hydrogen) atoms. The van der Waals surface area contributed by atoms with Crippen LogP contribution in [0.2, 0.25) is 0 Å². The molecule has 0 spiro atoms. The summed E-state index contributed by atoms with van der Waals surface area (Å²) in [7, 11) is 0. The van der Waals surface area contributed by atoms with Crippen LogP contribution < -0.4 is 5.32 Å². The molecule has 6 heteroatoms. The van der Waals surface area contributed by atoms with Crippen molar-refractivity contribution in [2.24, 2.45) is 17.8 Å². The highest BCUT2D eigenvalue weighted by molar-refractivity contribution is 8.00. The van der Waals surface area contributed by atoms with Crippen molar-refractivity contribution in [3.8, 4) is 0 Å². The summed E-state index contributed by atoms with van der Waals surface area (Å²) < 4.78 is 2.22. The number of carbonyl (C=O) groups is 1. The molecule has 1 aromatic carbocycles. The minimum absolute atomic E-state index is 0.123. The van der Waals surface area contributed by atoms with Crippen LogP contribution in [0.15, 0.2) is 35.5 Å². The number of amides is 1. The SMILES string of the molecule is CC(Sc1nnc(C2CC2)n1Cc1ccccc1)C(=O)NC(C)C1CC2CCC1C2. The van der Waals surface area contributed by atoms with E-state index in [1.807, 2.05) is 13.0 Å². The molecule has 3 fully saturated rings. The van der Waals surface area contributed by atoms with E-state index in [0.29, 0.717) is 11.8 Å². The molecule has 160 valence electrons. The molecule has 1 N–H and O–H groups in total. The average molecular weight is 425 g/mol. The molecule has 0 saturated heterocycles. The highest BCUT2D eigenvalue weighted by atomic mass is 32.2. The van der Waals surface area contributed by atoms with Crippen LogP contribution in [0.3, 0.4) is 0 Å². The Balaban J connectivity index is 1.25. The first-order valence-corrected chi connectivity index (χ1v) is 12.4. The fraction of sp³-hybridized carbons (Fsp3) is 0.625. The van der Waals surface area contributed by atoms with E-state index >= 15 is 0 Å². The number of fused-ring (bicyclic) bond motifs is 2. The molecular formula is C24H32N4OS. The van der Waals surface area contributed by atoms with Gasteiger partial charge in [-0.15, -0.1) is 10.2 Å². The molecule has 3 aliphatic carbocycles.